The second kappa shape index (κ2) is 11.9. The summed E-state index contributed by atoms with van der Waals surface area (Å²) >= 11 is 12.7. The van der Waals surface area contributed by atoms with Gasteiger partial charge in [-0.3, -0.25) is 5.01 Å². The molecule has 1 N–H and O–H groups in total. The van der Waals surface area contributed by atoms with Crippen LogP contribution < -0.4 is 5.32 Å². The minimum Gasteiger partial charge on any atom is -0.535 e. The summed E-state index contributed by atoms with van der Waals surface area (Å²) in [6.07, 6.45) is 8.83. The number of hydrogen-bond donors (Lipinski definition) is 1. The number of nitrogens with one attached hydrogen (secondary N) is 1. The van der Waals surface area contributed by atoms with Crippen LogP contribution in [0.3, 0.4) is 0 Å². The summed E-state index contributed by atoms with van der Waals surface area (Å²) in [5.74, 6) is 0. The van der Waals surface area contributed by atoms with Gasteiger partial charge in [-0.05, 0) is 31.2 Å². The van der Waals surface area contributed by atoms with Crippen LogP contribution in [0.1, 0.15) is 36.8 Å². The number of likely N-dealkylation sites (tertiary alicyclic amines) is 1. The number of allylic oxidation sites excluding steroid dienone is 5. The summed E-state index contributed by atoms with van der Waals surface area (Å²) in [6.45, 7) is 12.5. The second-order valence-corrected chi connectivity index (χ2v) is 9.13. The van der Waals surface area contributed by atoms with Gasteiger partial charge in [0, 0.05) is 79.8 Å². The summed E-state index contributed by atoms with van der Waals surface area (Å²) in [5, 5.41) is 11.0. The first-order valence-electron chi connectivity index (χ1n) is 11.0. The normalized spacial score (nSPS) is 18.5. The van der Waals surface area contributed by atoms with Crippen molar-refractivity contribution in [3.05, 3.63) is 93.9 Å². The summed E-state index contributed by atoms with van der Waals surface area (Å²) in [5.41, 5.74) is 7.16. The molecule has 33 heavy (non-hydrogen) atoms. The van der Waals surface area contributed by atoms with Crippen LogP contribution in [0.5, 0.6) is 0 Å². The molecule has 1 aromatic rings. The first-order chi connectivity index (χ1) is 15.5. The predicted octanol–water partition coefficient (Wildman–Crippen LogP) is 6.15. The van der Waals surface area contributed by atoms with Crippen molar-refractivity contribution in [2.24, 2.45) is 5.10 Å². The summed E-state index contributed by atoms with van der Waals surface area (Å²) in [7, 11) is 1.94. The number of rotatable bonds is 7. The Bertz CT molecular complexity index is 1030. The first-order valence-corrected chi connectivity index (χ1v) is 11.8. The molecule has 1 radical (unpaired) electrons. The van der Waals surface area contributed by atoms with Crippen molar-refractivity contribution in [3.63, 3.8) is 0 Å². The Morgan fingerprint density at radius 2 is 1.88 bits per heavy atom. The Morgan fingerprint density at radius 3 is 2.55 bits per heavy atom. The van der Waals surface area contributed by atoms with E-state index in [0.717, 1.165) is 65.5 Å². The van der Waals surface area contributed by atoms with E-state index >= 15 is 0 Å². The molecule has 171 valence electrons. The molecule has 1 aromatic carbocycles. The van der Waals surface area contributed by atoms with E-state index in [0.29, 0.717) is 5.03 Å². The van der Waals surface area contributed by atoms with Crippen molar-refractivity contribution in [1.29, 1.82) is 0 Å². The molecule has 3 aliphatic rings. The van der Waals surface area contributed by atoms with E-state index in [-0.39, 0.29) is 32.7 Å². The molecule has 7 heteroatoms. The maximum absolute atomic E-state index is 6.35. The molecular formula is C26H29Cl2N4Y-. The zero-order valence-electron chi connectivity index (χ0n) is 19.1. The molecule has 0 bridgehead atoms. The van der Waals surface area contributed by atoms with Gasteiger partial charge in [-0.1, -0.05) is 72.3 Å². The number of nitrogens with zero attached hydrogens (tertiary/aromatic N) is 3. The average Bonchev–Trinajstić information content (AvgIpc) is 3.31. The van der Waals surface area contributed by atoms with Crippen molar-refractivity contribution in [1.82, 2.24) is 15.2 Å². The molecular weight excluding hydrogens is 528 g/mol. The molecule has 1 aliphatic carbocycles. The largest absolute Gasteiger partial charge is 0.535 e. The van der Waals surface area contributed by atoms with E-state index in [1.54, 1.807) is 0 Å². The quantitative estimate of drug-likeness (QED) is 0.408. The summed E-state index contributed by atoms with van der Waals surface area (Å²) < 4.78 is 0. The molecule has 0 spiro atoms. The number of hydrazone groups is 1. The molecule has 2 aliphatic heterocycles. The Morgan fingerprint density at radius 1 is 1.18 bits per heavy atom. The average molecular weight is 557 g/mol. The third kappa shape index (κ3) is 6.03. The van der Waals surface area contributed by atoms with E-state index < -0.39 is 0 Å². The van der Waals surface area contributed by atoms with Crippen molar-refractivity contribution in [2.75, 3.05) is 20.1 Å². The standard InChI is InChI=1S/C26H29Cl2N4.Y/c1-18(25-22(27)7-6-8-23(25)28)29-14-13-20-9-11-21(12-10-20)26-19(2)31(3)30-17-24(26)32-15-4-5-16-32;/h7,9-12,14,17,29H,1-2,4-6,8,13,15-16H2,3H3;/q-1;. The Labute approximate surface area is 232 Å². The molecule has 2 heterocycles. The van der Waals surface area contributed by atoms with Crippen LogP contribution in [0.25, 0.3) is 5.57 Å². The van der Waals surface area contributed by atoms with Gasteiger partial charge in [-0.15, -0.1) is 6.42 Å². The monoisotopic (exact) mass is 556 g/mol. The Balaban J connectivity index is 0.00000306. The first kappa shape index (κ1) is 26.3. The van der Waals surface area contributed by atoms with Gasteiger partial charge >= 0.3 is 0 Å². The Hall–Kier alpha value is -1.33. The van der Waals surface area contributed by atoms with Crippen LogP contribution >= 0.6 is 23.2 Å². The Kier molecular flexibility index (Phi) is 9.46. The van der Waals surface area contributed by atoms with Gasteiger partial charge in [0.15, 0.2) is 0 Å². The minimum atomic E-state index is 0. The maximum atomic E-state index is 6.35. The molecule has 0 saturated carbocycles. The van der Waals surface area contributed by atoms with Gasteiger partial charge in [0.25, 0.3) is 0 Å². The van der Waals surface area contributed by atoms with Crippen molar-refractivity contribution < 1.29 is 32.7 Å². The number of halogens is 2. The zero-order valence-corrected chi connectivity index (χ0v) is 23.4. The molecule has 1 saturated heterocycles. The van der Waals surface area contributed by atoms with E-state index in [2.05, 4.69) is 52.7 Å². The van der Waals surface area contributed by atoms with Crippen LogP contribution in [-0.4, -0.2) is 36.3 Å². The molecule has 1 fully saturated rings. The van der Waals surface area contributed by atoms with E-state index in [9.17, 15) is 0 Å². The van der Waals surface area contributed by atoms with E-state index in [4.69, 9.17) is 23.2 Å². The minimum absolute atomic E-state index is 0. The molecule has 0 unspecified atom stereocenters. The van der Waals surface area contributed by atoms with Crippen LogP contribution in [-0.2, 0) is 39.1 Å². The van der Waals surface area contributed by atoms with Gasteiger partial charge in [0.2, 0.25) is 0 Å². The van der Waals surface area contributed by atoms with Gasteiger partial charge in [-0.25, -0.2) is 6.54 Å². The van der Waals surface area contributed by atoms with Gasteiger partial charge in [0.1, 0.15) is 0 Å². The van der Waals surface area contributed by atoms with E-state index in [1.165, 1.54) is 24.1 Å². The SMILES string of the molecule is C=C(N[CH-]Cc1ccc(C2=C(N3CCCC3)C=NN(C)C2=C)cc1)C1=C(Cl)CCC=C1Cl.[Y]. The van der Waals surface area contributed by atoms with Gasteiger partial charge in [-0.2, -0.15) is 5.10 Å². The topological polar surface area (TPSA) is 30.9 Å². The van der Waals surface area contributed by atoms with Crippen LogP contribution in [0, 0.1) is 6.54 Å². The summed E-state index contributed by atoms with van der Waals surface area (Å²) in [6, 6.07) is 8.65. The molecule has 4 rings (SSSR count). The van der Waals surface area contributed by atoms with Crippen LogP contribution in [0.15, 0.2) is 81.3 Å². The second-order valence-electron chi connectivity index (χ2n) is 8.27. The predicted molar refractivity (Wildman–Crippen MR) is 136 cm³/mol. The molecule has 0 aromatic heterocycles. The maximum Gasteiger partial charge on any atom is 0.0715 e. The third-order valence-electron chi connectivity index (χ3n) is 6.09. The molecule has 4 nitrogen and oxygen atoms in total. The smallest absolute Gasteiger partial charge is 0.0715 e. The van der Waals surface area contributed by atoms with Crippen molar-refractivity contribution in [3.8, 4) is 0 Å². The van der Waals surface area contributed by atoms with Crippen molar-refractivity contribution >= 4 is 35.0 Å². The fourth-order valence-corrected chi connectivity index (χ4v) is 4.97. The summed E-state index contributed by atoms with van der Waals surface area (Å²) in [4.78, 5) is 2.42. The molecule has 0 amide bonds. The van der Waals surface area contributed by atoms with Crippen LogP contribution in [0.4, 0.5) is 0 Å². The van der Waals surface area contributed by atoms with Gasteiger partial charge in [0.05, 0.1) is 17.6 Å². The van der Waals surface area contributed by atoms with Crippen LogP contribution in [0.2, 0.25) is 0 Å². The van der Waals surface area contributed by atoms with Gasteiger partial charge < -0.3 is 10.2 Å². The fraction of sp³-hybridized carbons (Fsp3) is 0.308. The number of benzene rings is 1. The zero-order chi connectivity index (χ0) is 22.7. The van der Waals surface area contributed by atoms with Crippen molar-refractivity contribution in [2.45, 2.75) is 32.1 Å². The third-order valence-corrected chi connectivity index (χ3v) is 6.81. The molecule has 0 atom stereocenters. The number of likely N-dealkylation sites (N-methyl/N-ethyl adjacent to an activating group) is 1. The number of hydrogen-bond acceptors (Lipinski definition) is 4. The fourth-order valence-electron chi connectivity index (χ4n) is 4.26. The van der Waals surface area contributed by atoms with E-state index in [1.807, 2.05) is 30.9 Å².